The summed E-state index contributed by atoms with van der Waals surface area (Å²) in [5.41, 5.74) is 1.23. The number of ether oxygens (including phenoxy) is 1. The van der Waals surface area contributed by atoms with Gasteiger partial charge in [0.1, 0.15) is 24.0 Å². The third-order valence-corrected chi connectivity index (χ3v) is 6.06. The zero-order valence-corrected chi connectivity index (χ0v) is 19.3. The van der Waals surface area contributed by atoms with E-state index in [1.54, 1.807) is 42.6 Å². The summed E-state index contributed by atoms with van der Waals surface area (Å²) in [4.78, 5) is 29.0. The SMILES string of the molecule is O=C(Nc1ccc(Cl)c(CF)c1)c1ccc2ccc(Oc3ccnc(NC(=O)C4CC4)c3)cc2c1. The maximum absolute atomic E-state index is 13.1. The standard InChI is InChI=1S/C27H21ClFN3O3/c28-24-8-6-21(12-20(24)15-29)31-27(34)18-4-1-16-5-7-22(13-19(16)11-18)35-23-9-10-30-25(14-23)32-26(33)17-2-3-17/h1,4-14,17H,2-3,15H2,(H,31,34)(H,30,32,33). The predicted octanol–water partition coefficient (Wildman–Crippen LogP) is 6.75. The number of nitrogens with one attached hydrogen (secondary N) is 2. The number of hydrogen-bond acceptors (Lipinski definition) is 4. The summed E-state index contributed by atoms with van der Waals surface area (Å²) in [6.45, 7) is -0.715. The third-order valence-electron chi connectivity index (χ3n) is 5.69. The van der Waals surface area contributed by atoms with Gasteiger partial charge >= 0.3 is 0 Å². The first-order chi connectivity index (χ1) is 17.0. The van der Waals surface area contributed by atoms with Crippen LogP contribution in [0.15, 0.2) is 72.9 Å². The molecule has 0 spiro atoms. The van der Waals surface area contributed by atoms with Gasteiger partial charge in [-0.2, -0.15) is 0 Å². The lowest BCUT2D eigenvalue weighted by Crippen LogP contribution is -2.14. The summed E-state index contributed by atoms with van der Waals surface area (Å²) in [6.07, 6.45) is 3.40. The van der Waals surface area contributed by atoms with Gasteiger partial charge in [-0.05, 0) is 72.1 Å². The summed E-state index contributed by atoms with van der Waals surface area (Å²) in [6, 6.07) is 19.0. The van der Waals surface area contributed by atoms with Crippen LogP contribution >= 0.6 is 11.6 Å². The number of fused-ring (bicyclic) bond motifs is 1. The average molecular weight is 490 g/mol. The smallest absolute Gasteiger partial charge is 0.255 e. The Morgan fingerprint density at radius 3 is 2.54 bits per heavy atom. The van der Waals surface area contributed by atoms with Crippen LogP contribution in [0.25, 0.3) is 10.8 Å². The Kier molecular flexibility index (Phi) is 6.33. The minimum absolute atomic E-state index is 0.0225. The molecule has 1 fully saturated rings. The van der Waals surface area contributed by atoms with E-state index in [1.807, 2.05) is 24.3 Å². The molecule has 0 radical (unpaired) electrons. The highest BCUT2D eigenvalue weighted by molar-refractivity contribution is 6.31. The van der Waals surface area contributed by atoms with Crippen LogP contribution in [0.3, 0.4) is 0 Å². The van der Waals surface area contributed by atoms with Gasteiger partial charge in [0.05, 0.1) is 0 Å². The number of nitrogens with zero attached hydrogens (tertiary/aromatic N) is 1. The van der Waals surface area contributed by atoms with Gasteiger partial charge in [0, 0.05) is 40.0 Å². The molecule has 1 saturated carbocycles. The van der Waals surface area contributed by atoms with Crippen molar-refractivity contribution in [3.63, 3.8) is 0 Å². The number of aromatic nitrogens is 1. The molecule has 35 heavy (non-hydrogen) atoms. The van der Waals surface area contributed by atoms with E-state index in [0.29, 0.717) is 39.2 Å². The van der Waals surface area contributed by atoms with Gasteiger partial charge in [-0.25, -0.2) is 9.37 Å². The second-order valence-corrected chi connectivity index (χ2v) is 8.77. The van der Waals surface area contributed by atoms with Gasteiger partial charge in [-0.15, -0.1) is 0 Å². The Morgan fingerprint density at radius 1 is 0.943 bits per heavy atom. The third kappa shape index (κ3) is 5.41. The van der Waals surface area contributed by atoms with E-state index in [1.165, 1.54) is 6.07 Å². The number of carbonyl (C=O) groups is 2. The van der Waals surface area contributed by atoms with Gasteiger partial charge in [-0.1, -0.05) is 23.7 Å². The lowest BCUT2D eigenvalue weighted by Gasteiger charge is -2.10. The van der Waals surface area contributed by atoms with Crippen molar-refractivity contribution in [3.8, 4) is 11.5 Å². The summed E-state index contributed by atoms with van der Waals surface area (Å²) in [7, 11) is 0. The second kappa shape index (κ2) is 9.72. The van der Waals surface area contributed by atoms with Crippen LogP contribution in [-0.2, 0) is 11.5 Å². The lowest BCUT2D eigenvalue weighted by molar-refractivity contribution is -0.117. The molecule has 1 aliphatic carbocycles. The lowest BCUT2D eigenvalue weighted by atomic mass is 10.1. The number of anilines is 2. The van der Waals surface area contributed by atoms with Gasteiger partial charge in [0.15, 0.2) is 0 Å². The summed E-state index contributed by atoms with van der Waals surface area (Å²) < 4.78 is 19.1. The van der Waals surface area contributed by atoms with Crippen LogP contribution in [0, 0.1) is 5.92 Å². The molecule has 0 saturated heterocycles. The van der Waals surface area contributed by atoms with Crippen molar-refractivity contribution in [1.82, 2.24) is 4.98 Å². The number of pyridine rings is 1. The van der Waals surface area contributed by atoms with E-state index in [9.17, 15) is 14.0 Å². The number of amides is 2. The average Bonchev–Trinajstić information content (AvgIpc) is 3.71. The summed E-state index contributed by atoms with van der Waals surface area (Å²) in [5.74, 6) is 1.29. The number of benzene rings is 3. The van der Waals surface area contributed by atoms with E-state index in [-0.39, 0.29) is 17.7 Å². The molecule has 0 unspecified atom stereocenters. The van der Waals surface area contributed by atoms with Crippen molar-refractivity contribution in [3.05, 3.63) is 89.1 Å². The molecule has 0 atom stereocenters. The molecule has 6 nitrogen and oxygen atoms in total. The fourth-order valence-corrected chi connectivity index (χ4v) is 3.81. The van der Waals surface area contributed by atoms with Crippen molar-refractivity contribution in [2.75, 3.05) is 10.6 Å². The topological polar surface area (TPSA) is 80.3 Å². The number of rotatable bonds is 7. The van der Waals surface area contributed by atoms with E-state index in [2.05, 4.69) is 15.6 Å². The predicted molar refractivity (Wildman–Crippen MR) is 134 cm³/mol. The molecule has 2 N–H and O–H groups in total. The van der Waals surface area contributed by atoms with Crippen LogP contribution in [0.5, 0.6) is 11.5 Å². The van der Waals surface area contributed by atoms with Crippen molar-refractivity contribution in [1.29, 1.82) is 0 Å². The van der Waals surface area contributed by atoms with E-state index in [4.69, 9.17) is 16.3 Å². The number of halogens is 2. The fraction of sp³-hybridized carbons (Fsp3) is 0.148. The van der Waals surface area contributed by atoms with Crippen molar-refractivity contribution >= 4 is 45.7 Å². The highest BCUT2D eigenvalue weighted by Gasteiger charge is 2.29. The minimum Gasteiger partial charge on any atom is -0.457 e. The van der Waals surface area contributed by atoms with E-state index < -0.39 is 6.67 Å². The van der Waals surface area contributed by atoms with Crippen LogP contribution in [0.2, 0.25) is 5.02 Å². The number of alkyl halides is 1. The van der Waals surface area contributed by atoms with E-state index in [0.717, 1.165) is 23.6 Å². The minimum atomic E-state index is -0.715. The zero-order valence-electron chi connectivity index (χ0n) is 18.6. The van der Waals surface area contributed by atoms with Crippen molar-refractivity contribution in [2.24, 2.45) is 5.92 Å². The normalized spacial score (nSPS) is 12.9. The monoisotopic (exact) mass is 489 g/mol. The molecule has 1 aliphatic rings. The van der Waals surface area contributed by atoms with Gasteiger partial charge in [0.2, 0.25) is 5.91 Å². The Morgan fingerprint density at radius 2 is 1.74 bits per heavy atom. The van der Waals surface area contributed by atoms with Gasteiger partial charge in [-0.3, -0.25) is 9.59 Å². The molecule has 1 aromatic heterocycles. The zero-order chi connectivity index (χ0) is 24.4. The Hall–Kier alpha value is -3.97. The van der Waals surface area contributed by atoms with Crippen molar-refractivity contribution < 1.29 is 18.7 Å². The first-order valence-corrected chi connectivity index (χ1v) is 11.5. The molecule has 1 heterocycles. The van der Waals surface area contributed by atoms with Crippen LogP contribution in [0.4, 0.5) is 15.9 Å². The maximum Gasteiger partial charge on any atom is 0.255 e. The molecule has 2 amide bonds. The number of hydrogen-bond donors (Lipinski definition) is 2. The van der Waals surface area contributed by atoms with E-state index >= 15 is 0 Å². The van der Waals surface area contributed by atoms with Gasteiger partial charge < -0.3 is 15.4 Å². The molecular weight excluding hydrogens is 469 g/mol. The Balaban J connectivity index is 1.32. The molecular formula is C27H21ClFN3O3. The molecule has 8 heteroatoms. The molecule has 0 aliphatic heterocycles. The second-order valence-electron chi connectivity index (χ2n) is 8.36. The first kappa shape index (κ1) is 22.8. The Bertz CT molecular complexity index is 1440. The fourth-order valence-electron chi connectivity index (χ4n) is 3.64. The Labute approximate surface area is 206 Å². The maximum atomic E-state index is 13.1. The van der Waals surface area contributed by atoms with Crippen LogP contribution in [0.1, 0.15) is 28.8 Å². The largest absolute Gasteiger partial charge is 0.457 e. The first-order valence-electron chi connectivity index (χ1n) is 11.1. The summed E-state index contributed by atoms with van der Waals surface area (Å²) >= 11 is 5.95. The molecule has 0 bridgehead atoms. The molecule has 4 aromatic rings. The molecule has 5 rings (SSSR count). The molecule has 3 aromatic carbocycles. The van der Waals surface area contributed by atoms with Crippen LogP contribution < -0.4 is 15.4 Å². The van der Waals surface area contributed by atoms with Crippen LogP contribution in [-0.4, -0.2) is 16.8 Å². The number of carbonyl (C=O) groups excluding carboxylic acids is 2. The van der Waals surface area contributed by atoms with Crippen molar-refractivity contribution in [2.45, 2.75) is 19.5 Å². The van der Waals surface area contributed by atoms with Gasteiger partial charge in [0.25, 0.3) is 5.91 Å². The quantitative estimate of drug-likeness (QED) is 0.301. The highest BCUT2D eigenvalue weighted by atomic mass is 35.5. The highest BCUT2D eigenvalue weighted by Crippen LogP contribution is 2.31. The summed E-state index contributed by atoms with van der Waals surface area (Å²) in [5, 5.41) is 7.65. The molecule has 176 valence electrons.